The molecule has 2 aliphatic heterocycles. The van der Waals surface area contributed by atoms with Gasteiger partial charge in [-0.3, -0.25) is 4.79 Å². The number of hydrogen-bond acceptors (Lipinski definition) is 3. The van der Waals surface area contributed by atoms with E-state index in [1.54, 1.807) is 0 Å². The lowest BCUT2D eigenvalue weighted by Gasteiger charge is -2.31. The summed E-state index contributed by atoms with van der Waals surface area (Å²) in [4.78, 5) is 14.3. The van der Waals surface area contributed by atoms with Crippen LogP contribution in [0.4, 0.5) is 0 Å². The van der Waals surface area contributed by atoms with Gasteiger partial charge in [-0.25, -0.2) is 0 Å². The molecule has 0 aromatic heterocycles. The second kappa shape index (κ2) is 5.83. The average molecular weight is 240 g/mol. The number of carbonyl (C=O) groups is 1. The van der Waals surface area contributed by atoms with Crippen molar-refractivity contribution < 1.29 is 9.53 Å². The average Bonchev–Trinajstić information content (AvgIpc) is 2.97. The molecule has 2 rings (SSSR count). The van der Waals surface area contributed by atoms with E-state index < -0.39 is 0 Å². The fraction of sp³-hybridized carbons (Fsp3) is 0.923. The minimum Gasteiger partial charge on any atom is -0.368 e. The van der Waals surface area contributed by atoms with Crippen LogP contribution in [0.3, 0.4) is 0 Å². The molecule has 0 aliphatic carbocycles. The summed E-state index contributed by atoms with van der Waals surface area (Å²) in [6, 6.07) is 0.733. The van der Waals surface area contributed by atoms with Gasteiger partial charge < -0.3 is 15.0 Å². The Labute approximate surface area is 104 Å². The van der Waals surface area contributed by atoms with Crippen LogP contribution in [0.15, 0.2) is 0 Å². The van der Waals surface area contributed by atoms with Crippen LogP contribution in [0.25, 0.3) is 0 Å². The summed E-state index contributed by atoms with van der Waals surface area (Å²) in [6.07, 6.45) is 4.13. The standard InChI is InChI=1S/C13H24N2O2/c1-10(2)15(9-11-5-3-7-14-11)13(16)12-6-4-8-17-12/h10-12,14H,3-9H2,1-2H3/t11?,12-/m0/s1. The highest BCUT2D eigenvalue weighted by Gasteiger charge is 2.31. The fourth-order valence-electron chi connectivity index (χ4n) is 2.66. The number of ether oxygens (including phenoxy) is 1. The molecule has 1 N–H and O–H groups in total. The molecular formula is C13H24N2O2. The molecule has 2 atom stereocenters. The molecule has 0 aromatic carbocycles. The van der Waals surface area contributed by atoms with Crippen LogP contribution >= 0.6 is 0 Å². The van der Waals surface area contributed by atoms with Gasteiger partial charge in [-0.15, -0.1) is 0 Å². The summed E-state index contributed by atoms with van der Waals surface area (Å²) in [5.41, 5.74) is 0. The summed E-state index contributed by atoms with van der Waals surface area (Å²) in [5.74, 6) is 0.186. The Bertz CT molecular complexity index is 256. The molecule has 2 fully saturated rings. The van der Waals surface area contributed by atoms with Crippen LogP contribution in [-0.4, -0.2) is 48.7 Å². The Morgan fingerprint density at radius 1 is 1.41 bits per heavy atom. The number of amides is 1. The lowest BCUT2D eigenvalue weighted by atomic mass is 10.1. The largest absolute Gasteiger partial charge is 0.368 e. The zero-order valence-electron chi connectivity index (χ0n) is 10.9. The van der Waals surface area contributed by atoms with Gasteiger partial charge in [-0.1, -0.05) is 0 Å². The molecule has 4 heteroatoms. The first-order valence-corrected chi connectivity index (χ1v) is 6.84. The quantitative estimate of drug-likeness (QED) is 0.801. The predicted molar refractivity (Wildman–Crippen MR) is 66.8 cm³/mol. The van der Waals surface area contributed by atoms with Gasteiger partial charge >= 0.3 is 0 Å². The van der Waals surface area contributed by atoms with E-state index in [2.05, 4.69) is 19.2 Å². The van der Waals surface area contributed by atoms with Gasteiger partial charge in [-0.05, 0) is 46.1 Å². The molecule has 2 aliphatic rings. The highest BCUT2D eigenvalue weighted by molar-refractivity contribution is 5.81. The minimum atomic E-state index is -0.182. The number of rotatable bonds is 4. The Morgan fingerprint density at radius 3 is 2.76 bits per heavy atom. The van der Waals surface area contributed by atoms with Crippen LogP contribution in [0.1, 0.15) is 39.5 Å². The number of carbonyl (C=O) groups excluding carboxylic acids is 1. The summed E-state index contributed by atoms with van der Waals surface area (Å²) >= 11 is 0. The van der Waals surface area contributed by atoms with Crippen molar-refractivity contribution in [3.05, 3.63) is 0 Å². The highest BCUT2D eigenvalue weighted by Crippen LogP contribution is 2.17. The molecule has 2 heterocycles. The first kappa shape index (κ1) is 12.8. The summed E-state index contributed by atoms with van der Waals surface area (Å²) in [7, 11) is 0. The maximum Gasteiger partial charge on any atom is 0.251 e. The molecule has 4 nitrogen and oxygen atoms in total. The van der Waals surface area contributed by atoms with Crippen molar-refractivity contribution in [3.63, 3.8) is 0 Å². The molecule has 0 aromatic rings. The lowest BCUT2D eigenvalue weighted by Crippen LogP contribution is -2.48. The van der Waals surface area contributed by atoms with Gasteiger partial charge in [0.25, 0.3) is 5.91 Å². The summed E-state index contributed by atoms with van der Waals surface area (Å²) in [6.45, 7) is 6.83. The van der Waals surface area contributed by atoms with E-state index in [1.165, 1.54) is 12.8 Å². The molecule has 0 bridgehead atoms. The monoisotopic (exact) mass is 240 g/mol. The van der Waals surface area contributed by atoms with Crippen LogP contribution in [-0.2, 0) is 9.53 Å². The van der Waals surface area contributed by atoms with E-state index in [4.69, 9.17) is 4.74 Å². The van der Waals surface area contributed by atoms with Gasteiger partial charge in [-0.2, -0.15) is 0 Å². The second-order valence-corrected chi connectivity index (χ2v) is 5.38. The van der Waals surface area contributed by atoms with Gasteiger partial charge in [0.05, 0.1) is 0 Å². The molecule has 98 valence electrons. The minimum absolute atomic E-state index is 0.182. The molecule has 0 saturated carbocycles. The lowest BCUT2D eigenvalue weighted by molar-refractivity contribution is -0.143. The SMILES string of the molecule is CC(C)N(CC1CCCN1)C(=O)[C@@H]1CCCO1. The zero-order chi connectivity index (χ0) is 12.3. The number of hydrogen-bond donors (Lipinski definition) is 1. The first-order chi connectivity index (χ1) is 8.18. The molecule has 1 unspecified atom stereocenters. The molecule has 1 amide bonds. The predicted octanol–water partition coefficient (Wildman–Crippen LogP) is 1.15. The first-order valence-electron chi connectivity index (χ1n) is 6.84. The summed E-state index contributed by atoms with van der Waals surface area (Å²) in [5, 5.41) is 3.45. The van der Waals surface area contributed by atoms with Crippen molar-refractivity contribution in [2.24, 2.45) is 0 Å². The van der Waals surface area contributed by atoms with E-state index in [-0.39, 0.29) is 18.1 Å². The van der Waals surface area contributed by atoms with Crippen LogP contribution in [0.2, 0.25) is 0 Å². The van der Waals surface area contributed by atoms with E-state index in [1.807, 2.05) is 4.90 Å². The van der Waals surface area contributed by atoms with Crippen LogP contribution in [0, 0.1) is 0 Å². The zero-order valence-corrected chi connectivity index (χ0v) is 10.9. The van der Waals surface area contributed by atoms with Crippen molar-refractivity contribution in [3.8, 4) is 0 Å². The van der Waals surface area contributed by atoms with Crippen molar-refractivity contribution in [2.45, 2.75) is 57.7 Å². The van der Waals surface area contributed by atoms with Gasteiger partial charge in [0.1, 0.15) is 6.10 Å². The fourth-order valence-corrected chi connectivity index (χ4v) is 2.66. The third-order valence-electron chi connectivity index (χ3n) is 3.69. The van der Waals surface area contributed by atoms with E-state index in [0.717, 1.165) is 32.5 Å². The van der Waals surface area contributed by atoms with Crippen LogP contribution < -0.4 is 5.32 Å². The van der Waals surface area contributed by atoms with Crippen LogP contribution in [0.5, 0.6) is 0 Å². The Balaban J connectivity index is 1.92. The normalized spacial score (nSPS) is 28.9. The van der Waals surface area contributed by atoms with E-state index in [9.17, 15) is 4.79 Å². The smallest absolute Gasteiger partial charge is 0.251 e. The second-order valence-electron chi connectivity index (χ2n) is 5.38. The topological polar surface area (TPSA) is 41.6 Å². The molecule has 2 saturated heterocycles. The summed E-state index contributed by atoms with van der Waals surface area (Å²) < 4.78 is 5.50. The molecular weight excluding hydrogens is 216 g/mol. The van der Waals surface area contributed by atoms with Gasteiger partial charge in [0, 0.05) is 25.2 Å². The number of nitrogens with one attached hydrogen (secondary N) is 1. The van der Waals surface area contributed by atoms with Gasteiger partial charge in [0.2, 0.25) is 0 Å². The molecule has 0 spiro atoms. The van der Waals surface area contributed by atoms with Crippen molar-refractivity contribution in [1.29, 1.82) is 0 Å². The maximum absolute atomic E-state index is 12.3. The van der Waals surface area contributed by atoms with E-state index in [0.29, 0.717) is 6.04 Å². The van der Waals surface area contributed by atoms with Gasteiger partial charge in [0.15, 0.2) is 0 Å². The van der Waals surface area contributed by atoms with Crippen molar-refractivity contribution in [1.82, 2.24) is 10.2 Å². The molecule has 0 radical (unpaired) electrons. The Hall–Kier alpha value is -0.610. The Kier molecular flexibility index (Phi) is 4.40. The number of nitrogens with zero attached hydrogens (tertiary/aromatic N) is 1. The van der Waals surface area contributed by atoms with E-state index >= 15 is 0 Å². The third kappa shape index (κ3) is 3.19. The van der Waals surface area contributed by atoms with Crippen molar-refractivity contribution >= 4 is 5.91 Å². The maximum atomic E-state index is 12.3. The van der Waals surface area contributed by atoms with Crippen molar-refractivity contribution in [2.75, 3.05) is 19.7 Å². The Morgan fingerprint density at radius 2 is 2.24 bits per heavy atom. The molecule has 17 heavy (non-hydrogen) atoms. The highest BCUT2D eigenvalue weighted by atomic mass is 16.5. The third-order valence-corrected chi connectivity index (χ3v) is 3.69.